The number of nitrogens with zero attached hydrogens (tertiary/aromatic N) is 1. The summed E-state index contributed by atoms with van der Waals surface area (Å²) < 4.78 is 12.6. The smallest absolute Gasteiger partial charge is 0.292 e. The predicted molar refractivity (Wildman–Crippen MR) is 145 cm³/mol. The number of anilines is 1. The highest BCUT2D eigenvalue weighted by molar-refractivity contribution is 9.10. The van der Waals surface area contributed by atoms with Crippen LogP contribution < -0.4 is 14.8 Å². The highest BCUT2D eigenvalue weighted by Crippen LogP contribution is 2.54. The van der Waals surface area contributed by atoms with Crippen molar-refractivity contribution in [2.24, 2.45) is 5.92 Å². The van der Waals surface area contributed by atoms with Crippen molar-refractivity contribution < 1.29 is 14.4 Å². The number of hydrogen-bond donors (Lipinski definition) is 1. The Hall–Kier alpha value is -3.03. The molecule has 5 rings (SSSR count). The zero-order valence-electron chi connectivity index (χ0n) is 20.2. The van der Waals surface area contributed by atoms with E-state index in [0.29, 0.717) is 28.8 Å². The molecule has 0 amide bonds. The number of methoxy groups -OCH3 is 1. The molecule has 36 heavy (non-hydrogen) atoms. The third-order valence-corrected chi connectivity index (χ3v) is 8.24. The maximum absolute atomic E-state index is 12.0. The fraction of sp³-hybridized carbons (Fsp3) is 0.286. The minimum Gasteiger partial charge on any atom is -0.493 e. The lowest BCUT2D eigenvalue weighted by Gasteiger charge is -2.38. The van der Waals surface area contributed by atoms with Gasteiger partial charge in [0.25, 0.3) is 5.69 Å². The van der Waals surface area contributed by atoms with Crippen molar-refractivity contribution in [3.63, 3.8) is 0 Å². The van der Waals surface area contributed by atoms with Gasteiger partial charge in [-0.05, 0) is 82.6 Å². The van der Waals surface area contributed by atoms with E-state index in [4.69, 9.17) is 21.1 Å². The van der Waals surface area contributed by atoms with Gasteiger partial charge in [-0.2, -0.15) is 0 Å². The van der Waals surface area contributed by atoms with Crippen LogP contribution in [-0.4, -0.2) is 12.0 Å². The molecule has 0 saturated carbocycles. The van der Waals surface area contributed by atoms with Gasteiger partial charge in [0, 0.05) is 22.6 Å². The summed E-state index contributed by atoms with van der Waals surface area (Å²) in [4.78, 5) is 11.7. The first-order chi connectivity index (χ1) is 17.3. The van der Waals surface area contributed by atoms with E-state index in [0.717, 1.165) is 38.7 Å². The Morgan fingerprint density at radius 1 is 1.22 bits per heavy atom. The molecular weight excluding hydrogens is 544 g/mol. The minimum absolute atomic E-state index is 0.103. The molecule has 1 heterocycles. The van der Waals surface area contributed by atoms with E-state index in [-0.39, 0.29) is 28.5 Å². The molecule has 1 aliphatic heterocycles. The SMILES string of the molecule is COc1cc([C@@H]2Nc3c([N+](=O)[O-])cc(C)c(C)c3[C@H]3C=CC[C@H]32)cc(Br)c1OCc1ccccc1Cl. The Balaban J connectivity index is 1.53. The molecule has 0 saturated heterocycles. The summed E-state index contributed by atoms with van der Waals surface area (Å²) >= 11 is 9.97. The summed E-state index contributed by atoms with van der Waals surface area (Å²) in [5.74, 6) is 1.49. The van der Waals surface area contributed by atoms with Crippen molar-refractivity contribution >= 4 is 38.9 Å². The number of rotatable bonds is 6. The Morgan fingerprint density at radius 3 is 2.72 bits per heavy atom. The van der Waals surface area contributed by atoms with Crippen LogP contribution in [0.15, 0.2) is 59.1 Å². The molecule has 0 unspecified atom stereocenters. The van der Waals surface area contributed by atoms with Crippen LogP contribution in [0.4, 0.5) is 11.4 Å². The van der Waals surface area contributed by atoms with Crippen LogP contribution in [0.1, 0.15) is 46.2 Å². The van der Waals surface area contributed by atoms with E-state index in [9.17, 15) is 10.1 Å². The lowest BCUT2D eigenvalue weighted by Crippen LogP contribution is -2.30. The maximum atomic E-state index is 12.0. The van der Waals surface area contributed by atoms with Gasteiger partial charge in [-0.1, -0.05) is 42.0 Å². The lowest BCUT2D eigenvalue weighted by atomic mass is 9.74. The normalized spacial score (nSPS) is 19.9. The number of hydrogen-bond acceptors (Lipinski definition) is 5. The summed E-state index contributed by atoms with van der Waals surface area (Å²) in [7, 11) is 1.61. The molecule has 0 aromatic heterocycles. The molecule has 2 aliphatic rings. The largest absolute Gasteiger partial charge is 0.493 e. The Morgan fingerprint density at radius 2 is 2.00 bits per heavy atom. The van der Waals surface area contributed by atoms with Gasteiger partial charge in [-0.25, -0.2) is 0 Å². The number of allylic oxidation sites excluding steroid dienone is 2. The quantitative estimate of drug-likeness (QED) is 0.185. The average Bonchev–Trinajstić information content (AvgIpc) is 3.35. The second-order valence-corrected chi connectivity index (χ2v) is 10.5. The van der Waals surface area contributed by atoms with Gasteiger partial charge in [0.15, 0.2) is 11.5 Å². The Kier molecular flexibility index (Phi) is 6.70. The van der Waals surface area contributed by atoms with Crippen molar-refractivity contribution in [3.8, 4) is 11.5 Å². The summed E-state index contributed by atoms with van der Waals surface area (Å²) in [5.41, 5.74) is 5.63. The number of nitro benzene ring substituents is 1. The summed E-state index contributed by atoms with van der Waals surface area (Å²) in [6.07, 6.45) is 5.26. The number of fused-ring (bicyclic) bond motifs is 3. The number of aryl methyl sites for hydroxylation is 1. The van der Waals surface area contributed by atoms with Crippen molar-refractivity contribution in [1.29, 1.82) is 0 Å². The zero-order valence-corrected chi connectivity index (χ0v) is 22.5. The molecule has 0 bridgehead atoms. The Bertz CT molecular complexity index is 1390. The molecule has 0 spiro atoms. The standard InChI is InChI=1S/C28H26BrClN2O4/c1-15-11-23(32(33)34)27-25(16(15)2)19-8-6-9-20(19)26(31-27)18-12-21(29)28(24(13-18)35-3)36-14-17-7-4-5-10-22(17)30/h4-8,10-13,19-20,26,31H,9,14H2,1-3H3/t19-,20+,26-/m0/s1. The van der Waals surface area contributed by atoms with Crippen molar-refractivity contribution in [1.82, 2.24) is 0 Å². The molecule has 3 atom stereocenters. The van der Waals surface area contributed by atoms with Gasteiger partial charge >= 0.3 is 0 Å². The molecule has 3 aromatic rings. The predicted octanol–water partition coefficient (Wildman–Crippen LogP) is 8.04. The summed E-state index contributed by atoms with van der Waals surface area (Å²) in [5, 5.41) is 16.2. The fourth-order valence-electron chi connectivity index (χ4n) is 5.38. The second kappa shape index (κ2) is 9.79. The third kappa shape index (κ3) is 4.24. The number of nitrogens with one attached hydrogen (secondary N) is 1. The molecule has 0 radical (unpaired) electrons. The molecule has 1 aliphatic carbocycles. The van der Waals surface area contributed by atoms with Crippen molar-refractivity contribution in [2.45, 2.75) is 38.8 Å². The van der Waals surface area contributed by atoms with Gasteiger partial charge in [0.2, 0.25) is 0 Å². The van der Waals surface area contributed by atoms with Crippen molar-refractivity contribution in [3.05, 3.63) is 102 Å². The first-order valence-corrected chi connectivity index (χ1v) is 12.9. The van der Waals surface area contributed by atoms with E-state index < -0.39 is 0 Å². The molecule has 1 N–H and O–H groups in total. The highest BCUT2D eigenvalue weighted by atomic mass is 79.9. The Labute approximate surface area is 223 Å². The van der Waals surface area contributed by atoms with Crippen molar-refractivity contribution in [2.75, 3.05) is 12.4 Å². The maximum Gasteiger partial charge on any atom is 0.292 e. The number of halogens is 2. The lowest BCUT2D eigenvalue weighted by molar-refractivity contribution is -0.384. The van der Waals surface area contributed by atoms with E-state index in [1.807, 2.05) is 50.2 Å². The van der Waals surface area contributed by atoms with Crippen LogP contribution in [0, 0.1) is 29.9 Å². The van der Waals surface area contributed by atoms with E-state index >= 15 is 0 Å². The number of nitro groups is 1. The molecule has 8 heteroatoms. The van der Waals surface area contributed by atoms with Crippen LogP contribution in [0.5, 0.6) is 11.5 Å². The van der Waals surface area contributed by atoms with E-state index in [1.54, 1.807) is 13.2 Å². The topological polar surface area (TPSA) is 73.6 Å². The molecule has 0 fully saturated rings. The summed E-state index contributed by atoms with van der Waals surface area (Å²) in [6, 6.07) is 13.0. The average molecular weight is 570 g/mol. The minimum atomic E-state index is -0.295. The van der Waals surface area contributed by atoms with Crippen LogP contribution in [0.2, 0.25) is 5.02 Å². The molecule has 3 aromatic carbocycles. The molecular formula is C28H26BrClN2O4. The van der Waals surface area contributed by atoms with Gasteiger partial charge in [0.1, 0.15) is 12.3 Å². The van der Waals surface area contributed by atoms with E-state index in [1.165, 1.54) is 0 Å². The van der Waals surface area contributed by atoms with Gasteiger partial charge in [-0.15, -0.1) is 0 Å². The van der Waals surface area contributed by atoms with Gasteiger partial charge in [0.05, 0.1) is 22.5 Å². The zero-order chi connectivity index (χ0) is 25.6. The monoisotopic (exact) mass is 568 g/mol. The number of ether oxygens (including phenoxy) is 2. The second-order valence-electron chi connectivity index (χ2n) is 9.27. The van der Waals surface area contributed by atoms with Crippen LogP contribution in [0.25, 0.3) is 0 Å². The third-order valence-electron chi connectivity index (χ3n) is 7.29. The number of benzene rings is 3. The van der Waals surface area contributed by atoms with Gasteiger partial charge in [-0.3, -0.25) is 10.1 Å². The van der Waals surface area contributed by atoms with E-state index in [2.05, 4.69) is 33.4 Å². The van der Waals surface area contributed by atoms with Crippen LogP contribution in [-0.2, 0) is 6.61 Å². The highest BCUT2D eigenvalue weighted by Gasteiger charge is 2.42. The van der Waals surface area contributed by atoms with Crippen LogP contribution >= 0.6 is 27.5 Å². The molecule has 186 valence electrons. The first-order valence-electron chi connectivity index (χ1n) is 11.8. The molecule has 6 nitrogen and oxygen atoms in total. The fourth-order valence-corrected chi connectivity index (χ4v) is 6.14. The summed E-state index contributed by atoms with van der Waals surface area (Å²) in [6.45, 7) is 4.28. The first kappa shape index (κ1) is 24.7. The van der Waals surface area contributed by atoms with Gasteiger partial charge < -0.3 is 14.8 Å². The van der Waals surface area contributed by atoms with Crippen LogP contribution in [0.3, 0.4) is 0 Å².